The molecule has 100 valence electrons. The summed E-state index contributed by atoms with van der Waals surface area (Å²) < 4.78 is 14.6. The number of amides is 1. The van der Waals surface area contributed by atoms with Crippen molar-refractivity contribution in [1.82, 2.24) is 4.57 Å². The smallest absolute Gasteiger partial charge is 0.266 e. The first kappa shape index (κ1) is 13.6. The van der Waals surface area contributed by atoms with Gasteiger partial charge < -0.3 is 9.88 Å². The van der Waals surface area contributed by atoms with Crippen LogP contribution in [0.15, 0.2) is 48.2 Å². The molecule has 0 bridgehead atoms. The van der Waals surface area contributed by atoms with Crippen LogP contribution in [0.5, 0.6) is 0 Å². The third-order valence-electron chi connectivity index (χ3n) is 2.74. The van der Waals surface area contributed by atoms with Crippen LogP contribution in [-0.2, 0) is 11.8 Å². The number of anilines is 1. The van der Waals surface area contributed by atoms with E-state index in [1.54, 1.807) is 10.6 Å². The highest BCUT2D eigenvalue weighted by atomic mass is 19.1. The number of halogens is 1. The lowest BCUT2D eigenvalue weighted by Gasteiger charge is -2.04. The van der Waals surface area contributed by atoms with Crippen molar-refractivity contribution in [2.75, 3.05) is 5.32 Å². The van der Waals surface area contributed by atoms with Crippen LogP contribution in [0, 0.1) is 17.1 Å². The number of carbonyl (C=O) groups excluding carboxylic acids is 1. The minimum absolute atomic E-state index is 0.0175. The molecular formula is C15H12FN3O. The normalized spacial score (nSPS) is 10.9. The molecule has 1 heterocycles. The molecule has 0 saturated heterocycles. The fraction of sp³-hybridized carbons (Fsp3) is 0.0667. The zero-order valence-corrected chi connectivity index (χ0v) is 10.8. The second kappa shape index (κ2) is 5.85. The molecule has 0 spiro atoms. The Hall–Kier alpha value is -2.87. The molecule has 20 heavy (non-hydrogen) atoms. The standard InChI is InChI=1S/C15H12FN3O/c1-19-8-2-3-14(19)9-11(10-17)15(20)18-13-6-4-12(16)5-7-13/h2-9H,1H3,(H,18,20)/b11-9+. The molecule has 1 aromatic carbocycles. The van der Waals surface area contributed by atoms with Gasteiger partial charge in [-0.25, -0.2) is 4.39 Å². The van der Waals surface area contributed by atoms with Crippen molar-refractivity contribution in [3.05, 3.63) is 59.7 Å². The van der Waals surface area contributed by atoms with Gasteiger partial charge >= 0.3 is 0 Å². The van der Waals surface area contributed by atoms with Gasteiger partial charge in [0.1, 0.15) is 17.5 Å². The number of carbonyl (C=O) groups is 1. The minimum Gasteiger partial charge on any atom is -0.351 e. The molecule has 0 aliphatic rings. The first-order valence-electron chi connectivity index (χ1n) is 5.90. The number of nitrogens with zero attached hydrogens (tertiary/aromatic N) is 2. The Labute approximate surface area is 115 Å². The predicted octanol–water partition coefficient (Wildman–Crippen LogP) is 2.71. The fourth-order valence-electron chi connectivity index (χ4n) is 1.65. The second-order valence-electron chi connectivity index (χ2n) is 4.17. The maximum Gasteiger partial charge on any atom is 0.266 e. The summed E-state index contributed by atoms with van der Waals surface area (Å²) in [6.07, 6.45) is 3.32. The Morgan fingerprint density at radius 2 is 2.05 bits per heavy atom. The maximum atomic E-state index is 12.8. The van der Waals surface area contributed by atoms with E-state index in [0.29, 0.717) is 5.69 Å². The lowest BCUT2D eigenvalue weighted by Crippen LogP contribution is -2.13. The number of nitrogens with one attached hydrogen (secondary N) is 1. The highest BCUT2D eigenvalue weighted by molar-refractivity contribution is 6.09. The first-order chi connectivity index (χ1) is 9.60. The Bertz CT molecular complexity index is 693. The van der Waals surface area contributed by atoms with Gasteiger partial charge in [0, 0.05) is 24.6 Å². The number of aryl methyl sites for hydroxylation is 1. The molecule has 0 atom stereocenters. The molecule has 0 saturated carbocycles. The second-order valence-corrected chi connectivity index (χ2v) is 4.17. The summed E-state index contributed by atoms with van der Waals surface area (Å²) in [6, 6.07) is 10.8. The van der Waals surface area contributed by atoms with Crippen molar-refractivity contribution < 1.29 is 9.18 Å². The molecule has 1 amide bonds. The molecule has 0 aliphatic carbocycles. The molecule has 1 aromatic heterocycles. The van der Waals surface area contributed by atoms with Gasteiger partial charge in [-0.2, -0.15) is 5.26 Å². The van der Waals surface area contributed by atoms with Gasteiger partial charge in [0.2, 0.25) is 0 Å². The van der Waals surface area contributed by atoms with Crippen molar-refractivity contribution >= 4 is 17.7 Å². The van der Waals surface area contributed by atoms with E-state index in [2.05, 4.69) is 5.32 Å². The van der Waals surface area contributed by atoms with Gasteiger partial charge in [-0.15, -0.1) is 0 Å². The molecule has 1 N–H and O–H groups in total. The summed E-state index contributed by atoms with van der Waals surface area (Å²) in [5.41, 5.74) is 1.16. The highest BCUT2D eigenvalue weighted by Gasteiger charge is 2.10. The van der Waals surface area contributed by atoms with Crippen LogP contribution in [-0.4, -0.2) is 10.5 Å². The van der Waals surface area contributed by atoms with Crippen LogP contribution in [0.25, 0.3) is 6.08 Å². The van der Waals surface area contributed by atoms with Gasteiger partial charge in [0.15, 0.2) is 0 Å². The Balaban J connectivity index is 2.18. The van der Waals surface area contributed by atoms with Crippen molar-refractivity contribution in [2.45, 2.75) is 0 Å². The van der Waals surface area contributed by atoms with E-state index in [-0.39, 0.29) is 11.4 Å². The zero-order valence-electron chi connectivity index (χ0n) is 10.8. The van der Waals surface area contributed by atoms with E-state index in [0.717, 1.165) is 5.69 Å². The largest absolute Gasteiger partial charge is 0.351 e. The van der Waals surface area contributed by atoms with Gasteiger partial charge in [-0.3, -0.25) is 4.79 Å². The van der Waals surface area contributed by atoms with Crippen molar-refractivity contribution in [3.8, 4) is 6.07 Å². The summed E-state index contributed by atoms with van der Waals surface area (Å²) in [6.45, 7) is 0. The number of hydrogen-bond donors (Lipinski definition) is 1. The molecule has 5 heteroatoms. The summed E-state index contributed by atoms with van der Waals surface area (Å²) in [7, 11) is 1.82. The SMILES string of the molecule is Cn1cccc1/C=C(\C#N)C(=O)Nc1ccc(F)cc1. The van der Waals surface area contributed by atoms with Crippen molar-refractivity contribution in [2.24, 2.45) is 7.05 Å². The molecule has 2 aromatic rings. The summed E-state index contributed by atoms with van der Waals surface area (Å²) in [4.78, 5) is 12.0. The molecule has 2 rings (SSSR count). The summed E-state index contributed by atoms with van der Waals surface area (Å²) >= 11 is 0. The quantitative estimate of drug-likeness (QED) is 0.688. The summed E-state index contributed by atoms with van der Waals surface area (Å²) in [5, 5.41) is 11.6. The van der Waals surface area contributed by atoms with E-state index in [1.807, 2.05) is 25.4 Å². The van der Waals surface area contributed by atoms with Crippen LogP contribution in [0.3, 0.4) is 0 Å². The predicted molar refractivity (Wildman–Crippen MR) is 74.0 cm³/mol. The third-order valence-corrected chi connectivity index (χ3v) is 2.74. The maximum absolute atomic E-state index is 12.8. The number of hydrogen-bond acceptors (Lipinski definition) is 2. The number of aromatic nitrogens is 1. The Morgan fingerprint density at radius 3 is 2.60 bits per heavy atom. The van der Waals surface area contributed by atoms with E-state index in [9.17, 15) is 9.18 Å². The average molecular weight is 269 g/mol. The monoisotopic (exact) mass is 269 g/mol. The lowest BCUT2D eigenvalue weighted by molar-refractivity contribution is -0.112. The van der Waals surface area contributed by atoms with E-state index in [1.165, 1.54) is 30.3 Å². The zero-order chi connectivity index (χ0) is 14.5. The van der Waals surface area contributed by atoms with Crippen molar-refractivity contribution in [1.29, 1.82) is 5.26 Å². The van der Waals surface area contributed by atoms with Crippen molar-refractivity contribution in [3.63, 3.8) is 0 Å². The first-order valence-corrected chi connectivity index (χ1v) is 5.90. The molecular weight excluding hydrogens is 257 g/mol. The topological polar surface area (TPSA) is 57.8 Å². The van der Waals surface area contributed by atoms with Gasteiger partial charge in [-0.05, 0) is 42.5 Å². The third kappa shape index (κ3) is 3.12. The van der Waals surface area contributed by atoms with E-state index in [4.69, 9.17) is 5.26 Å². The Morgan fingerprint density at radius 1 is 1.35 bits per heavy atom. The molecule has 0 aliphatic heterocycles. The highest BCUT2D eigenvalue weighted by Crippen LogP contribution is 2.12. The fourth-order valence-corrected chi connectivity index (χ4v) is 1.65. The van der Waals surface area contributed by atoms with Gasteiger partial charge in [-0.1, -0.05) is 0 Å². The molecule has 0 fully saturated rings. The summed E-state index contributed by atoms with van der Waals surface area (Å²) in [5.74, 6) is -0.914. The average Bonchev–Trinajstić information content (AvgIpc) is 2.84. The molecule has 4 nitrogen and oxygen atoms in total. The number of nitriles is 1. The van der Waals surface area contributed by atoms with Crippen LogP contribution in [0.4, 0.5) is 10.1 Å². The molecule has 0 radical (unpaired) electrons. The van der Waals surface area contributed by atoms with Crippen LogP contribution in [0.1, 0.15) is 5.69 Å². The number of rotatable bonds is 3. The van der Waals surface area contributed by atoms with E-state index >= 15 is 0 Å². The van der Waals surface area contributed by atoms with Crippen LogP contribution >= 0.6 is 0 Å². The van der Waals surface area contributed by atoms with Crippen LogP contribution < -0.4 is 5.32 Å². The minimum atomic E-state index is -0.527. The lowest BCUT2D eigenvalue weighted by atomic mass is 10.2. The van der Waals surface area contributed by atoms with Crippen LogP contribution in [0.2, 0.25) is 0 Å². The Kier molecular flexibility index (Phi) is 3.96. The van der Waals surface area contributed by atoms with Gasteiger partial charge in [0.05, 0.1) is 0 Å². The number of benzene rings is 1. The molecule has 0 unspecified atom stereocenters. The van der Waals surface area contributed by atoms with Gasteiger partial charge in [0.25, 0.3) is 5.91 Å². The van der Waals surface area contributed by atoms with E-state index < -0.39 is 5.91 Å².